The van der Waals surface area contributed by atoms with Gasteiger partial charge in [-0.3, -0.25) is 4.79 Å². The van der Waals surface area contributed by atoms with E-state index in [2.05, 4.69) is 36.2 Å². The van der Waals surface area contributed by atoms with Crippen molar-refractivity contribution in [3.8, 4) is 0 Å². The second-order valence-corrected chi connectivity index (χ2v) is 5.15. The summed E-state index contributed by atoms with van der Waals surface area (Å²) in [5, 5.41) is 0.846. The largest absolute Gasteiger partial charge is 0.321 e. The van der Waals surface area contributed by atoms with Crippen LogP contribution in [0, 0.1) is 6.92 Å². The maximum absolute atomic E-state index is 10.8. The first-order chi connectivity index (χ1) is 8.65. The third-order valence-corrected chi connectivity index (χ3v) is 4.11. The predicted octanol–water partition coefficient (Wildman–Crippen LogP) is 3.59. The second kappa shape index (κ2) is 5.31. The van der Waals surface area contributed by atoms with Gasteiger partial charge in [-0.25, -0.2) is 4.98 Å². The number of hydrogen-bond donors (Lipinski definition) is 0. The van der Waals surface area contributed by atoms with Gasteiger partial charge in [-0.2, -0.15) is 0 Å². The number of aromatic nitrogens is 1. The van der Waals surface area contributed by atoms with E-state index in [0.29, 0.717) is 4.88 Å². The highest BCUT2D eigenvalue weighted by molar-refractivity contribution is 7.17. The van der Waals surface area contributed by atoms with Crippen molar-refractivity contribution in [1.29, 1.82) is 0 Å². The Balaban J connectivity index is 2.28. The van der Waals surface area contributed by atoms with E-state index in [1.807, 2.05) is 18.9 Å². The average Bonchev–Trinajstić information content (AvgIpc) is 2.79. The topological polar surface area (TPSA) is 33.2 Å². The van der Waals surface area contributed by atoms with E-state index in [9.17, 15) is 4.79 Å². The molecule has 0 bridgehead atoms. The van der Waals surface area contributed by atoms with Crippen LogP contribution in [0.3, 0.4) is 0 Å². The van der Waals surface area contributed by atoms with Gasteiger partial charge in [0.15, 0.2) is 11.4 Å². The Labute approximate surface area is 111 Å². The minimum atomic E-state index is 0.696. The molecule has 0 N–H and O–H groups in total. The first-order valence-corrected chi connectivity index (χ1v) is 6.72. The van der Waals surface area contributed by atoms with Crippen LogP contribution in [0.5, 0.6) is 0 Å². The average molecular weight is 260 g/mol. The van der Waals surface area contributed by atoms with Crippen LogP contribution in [-0.2, 0) is 6.42 Å². The zero-order valence-electron chi connectivity index (χ0n) is 10.8. The van der Waals surface area contributed by atoms with Gasteiger partial charge in [0.1, 0.15) is 0 Å². The van der Waals surface area contributed by atoms with E-state index in [1.54, 1.807) is 0 Å². The monoisotopic (exact) mass is 260 g/mol. The SMILES string of the molecule is CCc1ccc(N(C)c2nc(C)c(C=O)s2)cc1. The van der Waals surface area contributed by atoms with Gasteiger partial charge in [0, 0.05) is 12.7 Å². The Morgan fingerprint density at radius 3 is 2.50 bits per heavy atom. The number of carbonyl (C=O) groups excluding carboxylic acids is 1. The van der Waals surface area contributed by atoms with Crippen LogP contribution >= 0.6 is 11.3 Å². The molecule has 0 saturated carbocycles. The molecule has 0 saturated heterocycles. The molecule has 0 aliphatic rings. The minimum Gasteiger partial charge on any atom is -0.321 e. The Morgan fingerprint density at radius 2 is 2.00 bits per heavy atom. The molecule has 0 aliphatic carbocycles. The van der Waals surface area contributed by atoms with Gasteiger partial charge in [0.05, 0.1) is 10.6 Å². The van der Waals surface area contributed by atoms with Crippen LogP contribution in [0.25, 0.3) is 0 Å². The Hall–Kier alpha value is -1.68. The third-order valence-electron chi connectivity index (χ3n) is 2.95. The molecule has 1 aromatic heterocycles. The summed E-state index contributed by atoms with van der Waals surface area (Å²) in [5.74, 6) is 0. The van der Waals surface area contributed by atoms with Crippen LogP contribution in [0.1, 0.15) is 27.9 Å². The summed E-state index contributed by atoms with van der Waals surface area (Å²) in [7, 11) is 1.97. The summed E-state index contributed by atoms with van der Waals surface area (Å²) in [6.45, 7) is 4.00. The van der Waals surface area contributed by atoms with E-state index in [1.165, 1.54) is 16.9 Å². The Bertz CT molecular complexity index is 545. The van der Waals surface area contributed by atoms with Gasteiger partial charge < -0.3 is 4.90 Å². The molecule has 2 aromatic rings. The van der Waals surface area contributed by atoms with E-state index in [4.69, 9.17) is 0 Å². The zero-order chi connectivity index (χ0) is 13.1. The van der Waals surface area contributed by atoms with Crippen molar-refractivity contribution >= 4 is 28.4 Å². The van der Waals surface area contributed by atoms with Gasteiger partial charge >= 0.3 is 0 Å². The highest BCUT2D eigenvalue weighted by atomic mass is 32.1. The molecule has 18 heavy (non-hydrogen) atoms. The number of aryl methyl sites for hydroxylation is 2. The molecular formula is C14H16N2OS. The van der Waals surface area contributed by atoms with Crippen LogP contribution in [0.4, 0.5) is 10.8 Å². The van der Waals surface area contributed by atoms with Crippen molar-refractivity contribution in [2.45, 2.75) is 20.3 Å². The summed E-state index contributed by atoms with van der Waals surface area (Å²) in [6.07, 6.45) is 1.90. The summed E-state index contributed by atoms with van der Waals surface area (Å²) >= 11 is 1.42. The van der Waals surface area contributed by atoms with E-state index in [-0.39, 0.29) is 0 Å². The normalized spacial score (nSPS) is 10.4. The lowest BCUT2D eigenvalue weighted by Gasteiger charge is -2.16. The van der Waals surface area contributed by atoms with E-state index < -0.39 is 0 Å². The van der Waals surface area contributed by atoms with Crippen molar-refractivity contribution in [2.24, 2.45) is 0 Å². The summed E-state index contributed by atoms with van der Waals surface area (Å²) in [5.41, 5.74) is 3.19. The number of nitrogens with zero attached hydrogens (tertiary/aromatic N) is 2. The highest BCUT2D eigenvalue weighted by Gasteiger charge is 2.11. The molecule has 0 aliphatic heterocycles. The molecule has 3 nitrogen and oxygen atoms in total. The minimum absolute atomic E-state index is 0.696. The van der Waals surface area contributed by atoms with Crippen molar-refractivity contribution < 1.29 is 4.79 Å². The number of thiazole rings is 1. The maximum Gasteiger partial charge on any atom is 0.190 e. The molecule has 94 valence electrons. The maximum atomic E-state index is 10.8. The standard InChI is InChI=1S/C14H16N2OS/c1-4-11-5-7-12(8-6-11)16(3)14-15-10(2)13(9-17)18-14/h5-9H,4H2,1-3H3. The molecule has 4 heteroatoms. The molecule has 0 unspecified atom stereocenters. The molecule has 0 fully saturated rings. The molecule has 0 amide bonds. The van der Waals surface area contributed by atoms with Gasteiger partial charge in [-0.15, -0.1) is 0 Å². The first kappa shape index (κ1) is 12.8. The molecule has 1 heterocycles. The number of aldehydes is 1. The smallest absolute Gasteiger partial charge is 0.190 e. The lowest BCUT2D eigenvalue weighted by atomic mass is 10.1. The third kappa shape index (κ3) is 2.43. The van der Waals surface area contributed by atoms with Crippen LogP contribution in [-0.4, -0.2) is 18.3 Å². The van der Waals surface area contributed by atoms with Crippen LogP contribution in [0.2, 0.25) is 0 Å². The van der Waals surface area contributed by atoms with Crippen molar-refractivity contribution in [2.75, 3.05) is 11.9 Å². The molecular weight excluding hydrogens is 244 g/mol. The Morgan fingerprint density at radius 1 is 1.33 bits per heavy atom. The van der Waals surface area contributed by atoms with Crippen molar-refractivity contribution in [1.82, 2.24) is 4.98 Å². The van der Waals surface area contributed by atoms with Crippen molar-refractivity contribution in [3.05, 3.63) is 40.4 Å². The van der Waals surface area contributed by atoms with Crippen LogP contribution in [0.15, 0.2) is 24.3 Å². The summed E-state index contributed by atoms with van der Waals surface area (Å²) in [4.78, 5) is 17.9. The fraction of sp³-hybridized carbons (Fsp3) is 0.286. The molecule has 0 spiro atoms. The number of rotatable bonds is 4. The summed E-state index contributed by atoms with van der Waals surface area (Å²) in [6, 6.07) is 8.40. The van der Waals surface area contributed by atoms with Gasteiger partial charge in [-0.1, -0.05) is 30.4 Å². The Kier molecular flexibility index (Phi) is 3.77. The predicted molar refractivity (Wildman–Crippen MR) is 76.1 cm³/mol. The van der Waals surface area contributed by atoms with Gasteiger partial charge in [0.2, 0.25) is 0 Å². The first-order valence-electron chi connectivity index (χ1n) is 5.91. The molecule has 1 aromatic carbocycles. The molecule has 2 rings (SSSR count). The molecule has 0 radical (unpaired) electrons. The fourth-order valence-electron chi connectivity index (χ4n) is 1.71. The van der Waals surface area contributed by atoms with Gasteiger partial charge in [0.25, 0.3) is 0 Å². The van der Waals surface area contributed by atoms with Crippen LogP contribution < -0.4 is 4.90 Å². The summed E-state index contributed by atoms with van der Waals surface area (Å²) < 4.78 is 0. The fourth-order valence-corrected chi connectivity index (χ4v) is 2.58. The number of carbonyl (C=O) groups is 1. The highest BCUT2D eigenvalue weighted by Crippen LogP contribution is 2.29. The van der Waals surface area contributed by atoms with E-state index in [0.717, 1.165) is 29.2 Å². The number of hydrogen-bond acceptors (Lipinski definition) is 4. The lowest BCUT2D eigenvalue weighted by Crippen LogP contribution is -2.08. The number of benzene rings is 1. The van der Waals surface area contributed by atoms with E-state index >= 15 is 0 Å². The lowest BCUT2D eigenvalue weighted by molar-refractivity contribution is 0.112. The van der Waals surface area contributed by atoms with Gasteiger partial charge in [-0.05, 0) is 31.0 Å². The molecule has 0 atom stereocenters. The second-order valence-electron chi connectivity index (χ2n) is 4.14. The van der Waals surface area contributed by atoms with Crippen molar-refractivity contribution in [3.63, 3.8) is 0 Å². The zero-order valence-corrected chi connectivity index (χ0v) is 11.6. The number of anilines is 2. The quantitative estimate of drug-likeness (QED) is 0.788.